The Balaban J connectivity index is 2.49. The van der Waals surface area contributed by atoms with Crippen molar-refractivity contribution in [2.24, 2.45) is 0 Å². The third-order valence-electron chi connectivity index (χ3n) is 1.89. The van der Waals surface area contributed by atoms with Crippen LogP contribution in [-0.4, -0.2) is 9.91 Å². The minimum atomic E-state index is -0.446. The topological polar surface area (TPSA) is 72.1 Å². The lowest BCUT2D eigenvalue weighted by atomic mass is 10.1. The third-order valence-corrected chi connectivity index (χ3v) is 2.09. The third kappa shape index (κ3) is 1.94. The van der Waals surface area contributed by atoms with E-state index in [1.54, 1.807) is 12.1 Å². The summed E-state index contributed by atoms with van der Waals surface area (Å²) >= 11 is 4.76. The Hall–Kier alpha value is -1.95. The largest absolute Gasteiger partial charge is 0.437 e. The van der Waals surface area contributed by atoms with Gasteiger partial charge in [0.15, 0.2) is 0 Å². The molecular weight excluding hydrogens is 216 g/mol. The number of aromatic amines is 1. The molecule has 5 nitrogen and oxygen atoms in total. The molecule has 0 saturated heterocycles. The number of rotatable bonds is 2. The molecule has 1 N–H and O–H groups in total. The van der Waals surface area contributed by atoms with E-state index in [-0.39, 0.29) is 10.5 Å². The van der Waals surface area contributed by atoms with Crippen molar-refractivity contribution in [1.29, 1.82) is 0 Å². The number of nitrogens with one attached hydrogen (secondary N) is 1. The minimum Gasteiger partial charge on any atom is -0.437 e. The van der Waals surface area contributed by atoms with E-state index >= 15 is 0 Å². The molecule has 0 atom stereocenters. The molecule has 1 heterocycles. The number of nitrogens with zero attached hydrogens (tertiary/aromatic N) is 1. The van der Waals surface area contributed by atoms with E-state index in [2.05, 4.69) is 4.98 Å². The average molecular weight is 222 g/mol. The summed E-state index contributed by atoms with van der Waals surface area (Å²) in [5.41, 5.74) is 1.33. The van der Waals surface area contributed by atoms with Crippen LogP contribution in [0.3, 0.4) is 0 Å². The molecule has 0 aliphatic rings. The summed E-state index contributed by atoms with van der Waals surface area (Å²) in [5, 5.41) is 10.5. The molecule has 76 valence electrons. The number of non-ortho nitro benzene ring substituents is 1. The van der Waals surface area contributed by atoms with Crippen molar-refractivity contribution < 1.29 is 9.34 Å². The molecule has 2 rings (SSSR count). The van der Waals surface area contributed by atoms with Gasteiger partial charge < -0.3 is 9.40 Å². The Morgan fingerprint density at radius 2 is 2.27 bits per heavy atom. The molecule has 2 aromatic rings. The summed E-state index contributed by atoms with van der Waals surface area (Å²) in [5.74, 6) is 0. The van der Waals surface area contributed by atoms with Crippen molar-refractivity contribution in [3.8, 4) is 11.3 Å². The molecule has 15 heavy (non-hydrogen) atoms. The maximum absolute atomic E-state index is 10.5. The van der Waals surface area contributed by atoms with Gasteiger partial charge in [-0.3, -0.25) is 10.1 Å². The minimum absolute atomic E-state index is 0.0352. The molecule has 0 saturated carbocycles. The molecule has 1 aromatic carbocycles. The molecule has 0 fully saturated rings. The molecule has 0 aliphatic heterocycles. The maximum Gasteiger partial charge on any atom is 0.270 e. The lowest BCUT2D eigenvalue weighted by Gasteiger charge is -1.95. The van der Waals surface area contributed by atoms with E-state index in [0.29, 0.717) is 11.3 Å². The van der Waals surface area contributed by atoms with E-state index in [9.17, 15) is 10.1 Å². The molecule has 0 spiro atoms. The zero-order valence-corrected chi connectivity index (χ0v) is 8.28. The number of benzene rings is 1. The lowest BCUT2D eigenvalue weighted by Crippen LogP contribution is -1.87. The highest BCUT2D eigenvalue weighted by molar-refractivity contribution is 7.71. The summed E-state index contributed by atoms with van der Waals surface area (Å²) in [6.07, 6.45) is 1.43. The van der Waals surface area contributed by atoms with Crippen LogP contribution in [-0.2, 0) is 0 Å². The van der Waals surface area contributed by atoms with E-state index in [0.717, 1.165) is 0 Å². The predicted molar refractivity (Wildman–Crippen MR) is 56.0 cm³/mol. The highest BCUT2D eigenvalue weighted by atomic mass is 32.1. The van der Waals surface area contributed by atoms with Crippen molar-refractivity contribution in [3.63, 3.8) is 0 Å². The molecule has 6 heteroatoms. The number of H-pyrrole nitrogens is 1. The molecule has 0 unspecified atom stereocenters. The second-order valence-corrected chi connectivity index (χ2v) is 3.24. The van der Waals surface area contributed by atoms with Crippen LogP contribution in [0.15, 0.2) is 34.9 Å². The maximum atomic E-state index is 10.5. The number of hydrogen-bond donors (Lipinski definition) is 1. The quantitative estimate of drug-likeness (QED) is 0.481. The van der Waals surface area contributed by atoms with E-state index in [4.69, 9.17) is 16.6 Å². The van der Waals surface area contributed by atoms with Gasteiger partial charge in [-0.2, -0.15) is 0 Å². The van der Waals surface area contributed by atoms with Crippen LogP contribution in [0.2, 0.25) is 0 Å². The number of nitro benzene ring substituents is 1. The first-order valence-corrected chi connectivity index (χ1v) is 4.50. The van der Waals surface area contributed by atoms with Gasteiger partial charge in [0, 0.05) is 17.7 Å². The molecular formula is C9H6N2O3S. The second kappa shape index (κ2) is 3.66. The van der Waals surface area contributed by atoms with Crippen LogP contribution in [0.4, 0.5) is 5.69 Å². The van der Waals surface area contributed by atoms with Gasteiger partial charge >= 0.3 is 0 Å². The van der Waals surface area contributed by atoms with Crippen molar-refractivity contribution in [2.75, 3.05) is 0 Å². The number of aromatic nitrogens is 1. The van der Waals surface area contributed by atoms with Gasteiger partial charge in [-0.25, -0.2) is 0 Å². The first kappa shape index (κ1) is 9.60. The molecule has 0 aliphatic carbocycles. The number of nitro groups is 1. The van der Waals surface area contributed by atoms with Crippen LogP contribution >= 0.6 is 12.2 Å². The Labute approximate surface area is 89.5 Å². The van der Waals surface area contributed by atoms with Crippen LogP contribution in [0.5, 0.6) is 0 Å². The summed E-state index contributed by atoms with van der Waals surface area (Å²) in [4.78, 5) is 13.1. The molecule has 1 aromatic heterocycles. The fraction of sp³-hybridized carbons (Fsp3) is 0. The van der Waals surface area contributed by atoms with Crippen molar-refractivity contribution in [3.05, 3.63) is 45.5 Å². The fourth-order valence-electron chi connectivity index (χ4n) is 1.21. The Morgan fingerprint density at radius 1 is 1.47 bits per heavy atom. The van der Waals surface area contributed by atoms with Gasteiger partial charge in [0.25, 0.3) is 10.5 Å². The van der Waals surface area contributed by atoms with Gasteiger partial charge in [-0.1, -0.05) is 12.1 Å². The zero-order valence-electron chi connectivity index (χ0n) is 7.47. The van der Waals surface area contributed by atoms with E-state index in [1.165, 1.54) is 18.4 Å². The zero-order chi connectivity index (χ0) is 10.8. The van der Waals surface area contributed by atoms with Crippen LogP contribution < -0.4 is 0 Å². The van der Waals surface area contributed by atoms with Crippen LogP contribution in [0.1, 0.15) is 0 Å². The average Bonchev–Trinajstić information content (AvgIpc) is 2.65. The van der Waals surface area contributed by atoms with Crippen molar-refractivity contribution in [1.82, 2.24) is 4.98 Å². The van der Waals surface area contributed by atoms with E-state index < -0.39 is 4.92 Å². The summed E-state index contributed by atoms with van der Waals surface area (Å²) < 4.78 is 4.91. The molecule has 0 bridgehead atoms. The van der Waals surface area contributed by atoms with Gasteiger partial charge in [-0.15, -0.1) is 0 Å². The SMILES string of the molecule is O=[N+]([O-])c1cccc(-c2coc(=S)[nH]2)c1. The van der Waals surface area contributed by atoms with E-state index in [1.807, 2.05) is 0 Å². The molecule has 0 radical (unpaired) electrons. The number of hydrogen-bond acceptors (Lipinski definition) is 4. The fourth-order valence-corrected chi connectivity index (χ4v) is 1.37. The standard InChI is InChI=1S/C9H6N2O3S/c12-11(13)7-3-1-2-6(4-7)8-5-14-9(15)10-8/h1-5H,(H,10,15). The summed E-state index contributed by atoms with van der Waals surface area (Å²) in [6, 6.07) is 6.23. The number of oxazole rings is 1. The van der Waals surface area contributed by atoms with Gasteiger partial charge in [0.1, 0.15) is 6.26 Å². The normalized spacial score (nSPS) is 10.1. The monoisotopic (exact) mass is 222 g/mol. The van der Waals surface area contributed by atoms with Crippen molar-refractivity contribution >= 4 is 17.9 Å². The second-order valence-electron chi connectivity index (χ2n) is 2.87. The Bertz CT molecular complexity index is 558. The lowest BCUT2D eigenvalue weighted by molar-refractivity contribution is -0.384. The van der Waals surface area contributed by atoms with Gasteiger partial charge in [0.05, 0.1) is 10.6 Å². The smallest absolute Gasteiger partial charge is 0.270 e. The van der Waals surface area contributed by atoms with Gasteiger partial charge in [0.2, 0.25) is 0 Å². The van der Waals surface area contributed by atoms with Crippen LogP contribution in [0, 0.1) is 15.0 Å². The summed E-state index contributed by atoms with van der Waals surface area (Å²) in [7, 11) is 0. The van der Waals surface area contributed by atoms with Crippen molar-refractivity contribution in [2.45, 2.75) is 0 Å². The first-order chi connectivity index (χ1) is 7.16. The summed E-state index contributed by atoms with van der Waals surface area (Å²) in [6.45, 7) is 0. The van der Waals surface area contributed by atoms with Gasteiger partial charge in [-0.05, 0) is 12.2 Å². The van der Waals surface area contributed by atoms with Crippen LogP contribution in [0.25, 0.3) is 11.3 Å². The predicted octanol–water partition coefficient (Wildman–Crippen LogP) is 2.91. The molecule has 0 amide bonds. The Kier molecular flexibility index (Phi) is 2.34. The highest BCUT2D eigenvalue weighted by Gasteiger charge is 2.07. The highest BCUT2D eigenvalue weighted by Crippen LogP contribution is 2.22. The Morgan fingerprint density at radius 3 is 2.87 bits per heavy atom. The first-order valence-electron chi connectivity index (χ1n) is 4.09.